The van der Waals surface area contributed by atoms with Crippen molar-refractivity contribution in [1.82, 2.24) is 29.9 Å². The van der Waals surface area contributed by atoms with Crippen molar-refractivity contribution in [1.29, 1.82) is 0 Å². The van der Waals surface area contributed by atoms with Crippen molar-refractivity contribution in [2.45, 2.75) is 60.2 Å². The first-order valence-corrected chi connectivity index (χ1v) is 11.2. The van der Waals surface area contributed by atoms with E-state index in [1.165, 1.54) is 6.07 Å². The number of imidazole rings is 1. The molecule has 1 unspecified atom stereocenters. The maximum Gasteiger partial charge on any atom is 0.272 e. The maximum atomic E-state index is 14.9. The van der Waals surface area contributed by atoms with Crippen LogP contribution in [0.4, 0.5) is 4.39 Å². The third-order valence-corrected chi connectivity index (χ3v) is 5.93. The summed E-state index contributed by atoms with van der Waals surface area (Å²) in [5.74, 6) is 0.637. The molecule has 33 heavy (non-hydrogen) atoms. The molecule has 1 aromatic carbocycles. The van der Waals surface area contributed by atoms with Gasteiger partial charge in [0.05, 0.1) is 11.3 Å². The molecule has 2 aromatic heterocycles. The molecule has 9 heteroatoms. The Hall–Kier alpha value is -3.07. The number of fused-ring (bicyclic) bond motifs is 1. The Balaban J connectivity index is 1.78. The number of aryl methyl sites for hydroxylation is 2. The molecule has 0 saturated heterocycles. The molecule has 0 bridgehead atoms. The van der Waals surface area contributed by atoms with Gasteiger partial charge in [-0.15, -0.1) is 0 Å². The Labute approximate surface area is 193 Å². The lowest BCUT2D eigenvalue weighted by Crippen LogP contribution is -2.37. The molecule has 3 heterocycles. The summed E-state index contributed by atoms with van der Waals surface area (Å²) in [4.78, 5) is 24.7. The Morgan fingerprint density at radius 1 is 1.21 bits per heavy atom. The van der Waals surface area contributed by atoms with Gasteiger partial charge in [0, 0.05) is 13.1 Å². The van der Waals surface area contributed by atoms with Gasteiger partial charge in [0.1, 0.15) is 17.7 Å². The number of carbonyl (C=O) groups is 1. The Morgan fingerprint density at radius 3 is 2.61 bits per heavy atom. The first-order chi connectivity index (χ1) is 15.5. The Morgan fingerprint density at radius 2 is 1.97 bits per heavy atom. The van der Waals surface area contributed by atoms with Crippen LogP contribution in [0.25, 0.3) is 11.4 Å². The molecule has 1 amide bonds. The second-order valence-corrected chi connectivity index (χ2v) is 9.91. The minimum atomic E-state index is -0.508. The molecule has 0 saturated carbocycles. The number of amides is 1. The molecule has 1 atom stereocenters. The molecule has 1 aliphatic rings. The normalized spacial score (nSPS) is 15.7. The zero-order valence-electron chi connectivity index (χ0n) is 20.1. The van der Waals surface area contributed by atoms with E-state index in [1.54, 1.807) is 13.0 Å². The molecular formula is C24H31FN6O2. The van der Waals surface area contributed by atoms with Crippen LogP contribution < -0.4 is 5.32 Å². The molecule has 0 fully saturated rings. The summed E-state index contributed by atoms with van der Waals surface area (Å²) < 4.78 is 22.3. The summed E-state index contributed by atoms with van der Waals surface area (Å²) in [6.07, 6.45) is 0.882. The van der Waals surface area contributed by atoms with E-state index in [0.29, 0.717) is 41.9 Å². The number of aromatic nitrogens is 4. The van der Waals surface area contributed by atoms with Crippen LogP contribution in [0.1, 0.15) is 66.7 Å². The molecule has 3 aromatic rings. The predicted molar refractivity (Wildman–Crippen MR) is 122 cm³/mol. The number of rotatable bonds is 4. The van der Waals surface area contributed by atoms with Gasteiger partial charge in [0.25, 0.3) is 5.91 Å². The van der Waals surface area contributed by atoms with Crippen LogP contribution in [0.2, 0.25) is 0 Å². The zero-order chi connectivity index (χ0) is 23.9. The average Bonchev–Trinajstić information content (AvgIpc) is 3.23. The summed E-state index contributed by atoms with van der Waals surface area (Å²) in [5.41, 5.74) is 1.92. The SMILES string of the molecule is Cc1ccc(-c2nc(C(=O)NC(c3nc(C)no3)C(C)(C)C)c3n2CCCN(C)C3)c(F)c1. The van der Waals surface area contributed by atoms with E-state index in [-0.39, 0.29) is 17.1 Å². The van der Waals surface area contributed by atoms with Crippen LogP contribution in [-0.4, -0.2) is 44.1 Å². The summed E-state index contributed by atoms with van der Waals surface area (Å²) in [5, 5.41) is 6.93. The highest BCUT2D eigenvalue weighted by molar-refractivity contribution is 5.94. The highest BCUT2D eigenvalue weighted by Gasteiger charge is 2.35. The number of benzene rings is 1. The molecule has 1 aliphatic heterocycles. The van der Waals surface area contributed by atoms with Gasteiger partial charge in [0.15, 0.2) is 11.5 Å². The second kappa shape index (κ2) is 8.70. The Kier molecular flexibility index (Phi) is 6.09. The third-order valence-electron chi connectivity index (χ3n) is 5.93. The van der Waals surface area contributed by atoms with Gasteiger partial charge in [0.2, 0.25) is 5.89 Å². The largest absolute Gasteiger partial charge is 0.338 e. The molecule has 0 radical (unpaired) electrons. The third kappa shape index (κ3) is 4.68. The van der Waals surface area contributed by atoms with Gasteiger partial charge >= 0.3 is 0 Å². The monoisotopic (exact) mass is 454 g/mol. The van der Waals surface area contributed by atoms with Crippen LogP contribution in [0.3, 0.4) is 0 Å². The van der Waals surface area contributed by atoms with E-state index in [9.17, 15) is 9.18 Å². The van der Waals surface area contributed by atoms with Crippen molar-refractivity contribution in [2.75, 3.05) is 13.6 Å². The number of carbonyl (C=O) groups excluding carboxylic acids is 1. The molecule has 8 nitrogen and oxygen atoms in total. The molecule has 176 valence electrons. The fourth-order valence-electron chi connectivity index (χ4n) is 4.19. The van der Waals surface area contributed by atoms with Crippen molar-refractivity contribution >= 4 is 5.91 Å². The topological polar surface area (TPSA) is 89.1 Å². The molecule has 0 aliphatic carbocycles. The van der Waals surface area contributed by atoms with E-state index in [1.807, 2.05) is 45.4 Å². The molecule has 1 N–H and O–H groups in total. The number of nitrogens with one attached hydrogen (secondary N) is 1. The van der Waals surface area contributed by atoms with Crippen molar-refractivity contribution in [2.24, 2.45) is 5.41 Å². The lowest BCUT2D eigenvalue weighted by Gasteiger charge is -2.28. The first-order valence-electron chi connectivity index (χ1n) is 11.2. The van der Waals surface area contributed by atoms with Crippen LogP contribution >= 0.6 is 0 Å². The summed E-state index contributed by atoms with van der Waals surface area (Å²) in [6.45, 7) is 11.6. The predicted octanol–water partition coefficient (Wildman–Crippen LogP) is 4.04. The van der Waals surface area contributed by atoms with E-state index in [2.05, 4.69) is 25.3 Å². The average molecular weight is 455 g/mol. The van der Waals surface area contributed by atoms with Gasteiger partial charge in [-0.1, -0.05) is 32.0 Å². The minimum Gasteiger partial charge on any atom is -0.338 e. The van der Waals surface area contributed by atoms with Gasteiger partial charge in [-0.3, -0.25) is 4.79 Å². The van der Waals surface area contributed by atoms with Crippen LogP contribution in [0.15, 0.2) is 22.7 Å². The first kappa shape index (κ1) is 23.1. The van der Waals surface area contributed by atoms with Gasteiger partial charge in [-0.05, 0) is 57.0 Å². The van der Waals surface area contributed by atoms with Crippen LogP contribution in [0, 0.1) is 25.1 Å². The maximum absolute atomic E-state index is 14.9. The van der Waals surface area contributed by atoms with Crippen LogP contribution in [-0.2, 0) is 13.1 Å². The lowest BCUT2D eigenvalue weighted by atomic mass is 9.86. The number of hydrogen-bond acceptors (Lipinski definition) is 6. The van der Waals surface area contributed by atoms with E-state index in [0.717, 1.165) is 24.2 Å². The second-order valence-electron chi connectivity index (χ2n) is 9.91. The summed E-state index contributed by atoms with van der Waals surface area (Å²) in [6, 6.07) is 4.57. The van der Waals surface area contributed by atoms with E-state index >= 15 is 0 Å². The molecule has 4 rings (SSSR count). The number of hydrogen-bond donors (Lipinski definition) is 1. The van der Waals surface area contributed by atoms with Gasteiger partial charge < -0.3 is 19.3 Å². The fourth-order valence-corrected chi connectivity index (χ4v) is 4.19. The van der Waals surface area contributed by atoms with Crippen molar-refractivity contribution < 1.29 is 13.7 Å². The highest BCUT2D eigenvalue weighted by Crippen LogP contribution is 2.33. The van der Waals surface area contributed by atoms with Crippen molar-refractivity contribution in [3.8, 4) is 11.4 Å². The Bertz CT molecular complexity index is 1180. The molecule has 0 spiro atoms. The zero-order valence-corrected chi connectivity index (χ0v) is 20.1. The smallest absolute Gasteiger partial charge is 0.272 e. The standard InChI is InChI=1S/C24H31FN6O2/c1-14-8-9-16(17(25)12-14)21-27-19(18-13-30(6)10-7-11-31(18)21)22(32)28-20(24(3,4)5)23-26-15(2)29-33-23/h8-9,12,20H,7,10-11,13H2,1-6H3,(H,28,32). The number of nitrogens with zero attached hydrogens (tertiary/aromatic N) is 5. The fraction of sp³-hybridized carbons (Fsp3) is 0.500. The molecular weight excluding hydrogens is 423 g/mol. The number of halogens is 1. The minimum absolute atomic E-state index is 0.296. The van der Waals surface area contributed by atoms with Gasteiger partial charge in [-0.25, -0.2) is 9.37 Å². The summed E-state index contributed by atoms with van der Waals surface area (Å²) in [7, 11) is 2.01. The van der Waals surface area contributed by atoms with E-state index in [4.69, 9.17) is 4.52 Å². The quantitative estimate of drug-likeness (QED) is 0.640. The highest BCUT2D eigenvalue weighted by atomic mass is 19.1. The lowest BCUT2D eigenvalue weighted by molar-refractivity contribution is 0.0874. The van der Waals surface area contributed by atoms with Crippen molar-refractivity contribution in [3.05, 3.63) is 52.7 Å². The van der Waals surface area contributed by atoms with E-state index < -0.39 is 6.04 Å². The van der Waals surface area contributed by atoms with Crippen molar-refractivity contribution in [3.63, 3.8) is 0 Å². The summed E-state index contributed by atoms with van der Waals surface area (Å²) >= 11 is 0. The van der Waals surface area contributed by atoms with Crippen LogP contribution in [0.5, 0.6) is 0 Å². The van der Waals surface area contributed by atoms with Gasteiger partial charge in [-0.2, -0.15) is 4.98 Å².